The fraction of sp³-hybridized carbons (Fsp3) is 0.222. The predicted octanol–water partition coefficient (Wildman–Crippen LogP) is 3.67. The van der Waals surface area contributed by atoms with Gasteiger partial charge in [0.15, 0.2) is 11.5 Å². The lowest BCUT2D eigenvalue weighted by Gasteiger charge is -2.14. The van der Waals surface area contributed by atoms with Crippen molar-refractivity contribution in [2.75, 3.05) is 19.0 Å². The molecule has 3 rings (SSSR count). The zero-order chi connectivity index (χ0) is 18.7. The van der Waals surface area contributed by atoms with Gasteiger partial charge in [-0.15, -0.1) is 0 Å². The number of rotatable bonds is 6. The van der Waals surface area contributed by atoms with Crippen molar-refractivity contribution < 1.29 is 14.3 Å². The van der Waals surface area contributed by atoms with Gasteiger partial charge in [0.2, 0.25) is 0 Å². The molecule has 1 amide bonds. The van der Waals surface area contributed by atoms with E-state index < -0.39 is 0 Å². The van der Waals surface area contributed by atoms with Crippen LogP contribution in [0.4, 0.5) is 5.69 Å². The highest BCUT2D eigenvalue weighted by molar-refractivity contribution is 9.10. The Morgan fingerprint density at radius 1 is 1.19 bits per heavy atom. The average molecular weight is 420 g/mol. The van der Waals surface area contributed by atoms with Crippen molar-refractivity contribution in [1.82, 2.24) is 9.97 Å². The SMILES string of the molecule is CCCOc1c(Br)cc(C(=O)Nc2ccc3[nH]c(=O)[nH]c3c2)cc1OC. The molecule has 0 atom stereocenters. The second-order valence-corrected chi connectivity index (χ2v) is 6.49. The van der Waals surface area contributed by atoms with E-state index in [2.05, 4.69) is 31.2 Å². The molecule has 8 heteroatoms. The van der Waals surface area contributed by atoms with Crippen LogP contribution >= 0.6 is 15.9 Å². The van der Waals surface area contributed by atoms with Gasteiger partial charge < -0.3 is 24.8 Å². The van der Waals surface area contributed by atoms with E-state index >= 15 is 0 Å². The normalized spacial score (nSPS) is 10.7. The van der Waals surface area contributed by atoms with Crippen molar-refractivity contribution in [3.8, 4) is 11.5 Å². The molecule has 0 aliphatic carbocycles. The van der Waals surface area contributed by atoms with Crippen LogP contribution in [0.2, 0.25) is 0 Å². The summed E-state index contributed by atoms with van der Waals surface area (Å²) >= 11 is 3.43. The highest BCUT2D eigenvalue weighted by atomic mass is 79.9. The topological polar surface area (TPSA) is 96.2 Å². The highest BCUT2D eigenvalue weighted by Crippen LogP contribution is 2.37. The summed E-state index contributed by atoms with van der Waals surface area (Å²) in [7, 11) is 1.53. The molecule has 2 aromatic carbocycles. The molecule has 1 aromatic heterocycles. The number of fused-ring (bicyclic) bond motifs is 1. The number of benzene rings is 2. The largest absolute Gasteiger partial charge is 0.493 e. The Balaban J connectivity index is 1.86. The van der Waals surface area contributed by atoms with Gasteiger partial charge in [-0.2, -0.15) is 0 Å². The second kappa shape index (κ2) is 7.65. The molecule has 3 aromatic rings. The Morgan fingerprint density at radius 2 is 1.96 bits per heavy atom. The molecule has 0 saturated carbocycles. The van der Waals surface area contributed by atoms with E-state index in [0.717, 1.165) is 6.42 Å². The molecule has 1 heterocycles. The number of aromatic nitrogens is 2. The summed E-state index contributed by atoms with van der Waals surface area (Å²) in [6.07, 6.45) is 0.863. The zero-order valence-corrected chi connectivity index (χ0v) is 15.9. The number of amides is 1. The maximum atomic E-state index is 12.6. The van der Waals surface area contributed by atoms with E-state index in [1.807, 2.05) is 6.92 Å². The third kappa shape index (κ3) is 3.75. The Labute approximate surface area is 157 Å². The van der Waals surface area contributed by atoms with Crippen molar-refractivity contribution in [1.29, 1.82) is 0 Å². The average Bonchev–Trinajstić information content (AvgIpc) is 2.99. The Morgan fingerprint density at radius 3 is 2.69 bits per heavy atom. The maximum Gasteiger partial charge on any atom is 0.323 e. The van der Waals surface area contributed by atoms with E-state index in [1.165, 1.54) is 7.11 Å². The van der Waals surface area contributed by atoms with E-state index in [0.29, 0.717) is 44.9 Å². The third-order valence-corrected chi connectivity index (χ3v) is 4.31. The van der Waals surface area contributed by atoms with Gasteiger partial charge in [0.05, 0.1) is 29.2 Å². The number of carbonyl (C=O) groups excluding carboxylic acids is 1. The van der Waals surface area contributed by atoms with Gasteiger partial charge in [-0.05, 0) is 52.7 Å². The first-order chi connectivity index (χ1) is 12.5. The molecule has 3 N–H and O–H groups in total. The van der Waals surface area contributed by atoms with Crippen LogP contribution in [0, 0.1) is 0 Å². The molecule has 7 nitrogen and oxygen atoms in total. The van der Waals surface area contributed by atoms with Crippen LogP contribution in [0.1, 0.15) is 23.7 Å². The summed E-state index contributed by atoms with van der Waals surface area (Å²) in [5.41, 5.74) is 1.99. The van der Waals surface area contributed by atoms with Crippen LogP contribution in [-0.4, -0.2) is 29.6 Å². The lowest BCUT2D eigenvalue weighted by Crippen LogP contribution is -2.12. The number of hydrogen-bond acceptors (Lipinski definition) is 4. The monoisotopic (exact) mass is 419 g/mol. The van der Waals surface area contributed by atoms with Crippen molar-refractivity contribution in [2.24, 2.45) is 0 Å². The summed E-state index contributed by atoms with van der Waals surface area (Å²) < 4.78 is 11.7. The van der Waals surface area contributed by atoms with Crippen LogP contribution in [-0.2, 0) is 0 Å². The number of halogens is 1. The van der Waals surface area contributed by atoms with Gasteiger partial charge in [-0.25, -0.2) is 4.79 Å². The van der Waals surface area contributed by atoms with E-state index in [1.54, 1.807) is 30.3 Å². The lowest BCUT2D eigenvalue weighted by atomic mass is 10.1. The molecule has 0 aliphatic heterocycles. The number of ether oxygens (including phenoxy) is 2. The van der Waals surface area contributed by atoms with Crippen molar-refractivity contribution >= 4 is 38.6 Å². The van der Waals surface area contributed by atoms with E-state index in [4.69, 9.17) is 9.47 Å². The number of anilines is 1. The number of nitrogens with one attached hydrogen (secondary N) is 3. The first-order valence-electron chi connectivity index (χ1n) is 8.05. The summed E-state index contributed by atoms with van der Waals surface area (Å²) in [4.78, 5) is 29.2. The van der Waals surface area contributed by atoms with Crippen LogP contribution in [0.25, 0.3) is 11.0 Å². The standard InChI is InChI=1S/C18H18BrN3O4/c1-3-6-26-16-12(19)7-10(8-15(16)25-2)17(23)20-11-4-5-13-14(9-11)22-18(24)21-13/h4-5,7-9H,3,6H2,1-2H3,(H,20,23)(H2,21,22,24). The third-order valence-electron chi connectivity index (χ3n) is 3.72. The van der Waals surface area contributed by atoms with Gasteiger partial charge in [0.1, 0.15) is 0 Å². The number of imidazole rings is 1. The molecule has 136 valence electrons. The van der Waals surface area contributed by atoms with Crippen molar-refractivity contribution in [3.05, 3.63) is 50.9 Å². The van der Waals surface area contributed by atoms with Crippen LogP contribution in [0.15, 0.2) is 39.6 Å². The Kier molecular flexibility index (Phi) is 5.32. The zero-order valence-electron chi connectivity index (χ0n) is 14.3. The fourth-order valence-corrected chi connectivity index (χ4v) is 3.07. The summed E-state index contributed by atoms with van der Waals surface area (Å²) in [6.45, 7) is 2.56. The summed E-state index contributed by atoms with van der Waals surface area (Å²) in [6, 6.07) is 8.44. The number of H-pyrrole nitrogens is 2. The quantitative estimate of drug-likeness (QED) is 0.567. The van der Waals surface area contributed by atoms with Gasteiger partial charge in [0.25, 0.3) is 5.91 Å². The number of aromatic amines is 2. The molecular formula is C18H18BrN3O4. The van der Waals surface area contributed by atoms with Crippen molar-refractivity contribution in [2.45, 2.75) is 13.3 Å². The lowest BCUT2D eigenvalue weighted by molar-refractivity contribution is 0.102. The van der Waals surface area contributed by atoms with Crippen molar-refractivity contribution in [3.63, 3.8) is 0 Å². The molecule has 0 unspecified atom stereocenters. The minimum Gasteiger partial charge on any atom is -0.493 e. The smallest absolute Gasteiger partial charge is 0.323 e. The van der Waals surface area contributed by atoms with Gasteiger partial charge >= 0.3 is 5.69 Å². The van der Waals surface area contributed by atoms with Crippen LogP contribution in [0.5, 0.6) is 11.5 Å². The number of methoxy groups -OCH3 is 1. The first kappa shape index (κ1) is 18.1. The summed E-state index contributed by atoms with van der Waals surface area (Å²) in [5, 5.41) is 2.81. The maximum absolute atomic E-state index is 12.6. The van der Waals surface area contributed by atoms with Gasteiger partial charge in [-0.3, -0.25) is 4.79 Å². The molecule has 26 heavy (non-hydrogen) atoms. The Hall–Kier alpha value is -2.74. The minimum atomic E-state index is -0.303. The molecule has 0 bridgehead atoms. The molecule has 0 saturated heterocycles. The fourth-order valence-electron chi connectivity index (χ4n) is 2.51. The molecule has 0 radical (unpaired) electrons. The van der Waals surface area contributed by atoms with Gasteiger partial charge in [-0.1, -0.05) is 6.92 Å². The van der Waals surface area contributed by atoms with E-state index in [9.17, 15) is 9.59 Å². The molecule has 0 fully saturated rings. The molecular weight excluding hydrogens is 402 g/mol. The molecule has 0 spiro atoms. The first-order valence-corrected chi connectivity index (χ1v) is 8.85. The number of hydrogen-bond donors (Lipinski definition) is 3. The molecule has 0 aliphatic rings. The minimum absolute atomic E-state index is 0.292. The summed E-state index contributed by atoms with van der Waals surface area (Å²) in [5.74, 6) is 0.740. The number of carbonyl (C=O) groups is 1. The van der Waals surface area contributed by atoms with Crippen LogP contribution in [0.3, 0.4) is 0 Å². The highest BCUT2D eigenvalue weighted by Gasteiger charge is 2.16. The van der Waals surface area contributed by atoms with E-state index in [-0.39, 0.29) is 11.6 Å². The van der Waals surface area contributed by atoms with Crippen LogP contribution < -0.4 is 20.5 Å². The Bertz CT molecular complexity index is 1010. The van der Waals surface area contributed by atoms with Gasteiger partial charge in [0, 0.05) is 11.3 Å². The predicted molar refractivity (Wildman–Crippen MR) is 103 cm³/mol. The second-order valence-electron chi connectivity index (χ2n) is 5.63.